The van der Waals surface area contributed by atoms with E-state index < -0.39 is 35.9 Å². The van der Waals surface area contributed by atoms with Crippen LogP contribution < -0.4 is 10.6 Å². The van der Waals surface area contributed by atoms with Crippen LogP contribution >= 0.6 is 11.3 Å². The largest absolute Gasteiger partial charge is 0.465 e. The van der Waals surface area contributed by atoms with E-state index in [0.717, 1.165) is 52.2 Å². The van der Waals surface area contributed by atoms with Crippen molar-refractivity contribution in [1.82, 2.24) is 10.2 Å². The van der Waals surface area contributed by atoms with Crippen LogP contribution in [0.2, 0.25) is 0 Å². The molecule has 8 nitrogen and oxygen atoms in total. The first kappa shape index (κ1) is 20.7. The van der Waals surface area contributed by atoms with E-state index in [4.69, 9.17) is 4.74 Å². The second-order valence-electron chi connectivity index (χ2n) is 8.34. The SMILES string of the molecule is COC(=O)c1c(NC(=O)CN2C(=O)N[C@]3(CCc4ccccc43)C2=O)sc2c1CCCC2. The molecule has 0 saturated carbocycles. The summed E-state index contributed by atoms with van der Waals surface area (Å²) >= 11 is 1.37. The molecule has 32 heavy (non-hydrogen) atoms. The number of nitrogens with zero attached hydrogens (tertiary/aromatic N) is 1. The van der Waals surface area contributed by atoms with Crippen molar-refractivity contribution in [2.45, 2.75) is 44.1 Å². The molecule has 0 radical (unpaired) electrons. The minimum atomic E-state index is -1.10. The van der Waals surface area contributed by atoms with Crippen molar-refractivity contribution in [2.75, 3.05) is 19.0 Å². The summed E-state index contributed by atoms with van der Waals surface area (Å²) < 4.78 is 4.93. The molecule has 4 amide bonds. The number of amides is 4. The molecule has 5 rings (SSSR count). The first-order valence-electron chi connectivity index (χ1n) is 10.7. The van der Waals surface area contributed by atoms with Gasteiger partial charge >= 0.3 is 12.0 Å². The Hall–Kier alpha value is -3.20. The van der Waals surface area contributed by atoms with Gasteiger partial charge in [0.25, 0.3) is 5.91 Å². The number of aryl methyl sites for hydroxylation is 2. The quantitative estimate of drug-likeness (QED) is 0.547. The summed E-state index contributed by atoms with van der Waals surface area (Å²) in [5, 5.41) is 5.99. The molecule has 9 heteroatoms. The van der Waals surface area contributed by atoms with Crippen molar-refractivity contribution < 1.29 is 23.9 Å². The van der Waals surface area contributed by atoms with E-state index in [1.807, 2.05) is 24.3 Å². The number of hydrogen-bond acceptors (Lipinski definition) is 6. The predicted octanol–water partition coefficient (Wildman–Crippen LogP) is 2.75. The van der Waals surface area contributed by atoms with Gasteiger partial charge in [-0.15, -0.1) is 11.3 Å². The molecule has 0 unspecified atom stereocenters. The van der Waals surface area contributed by atoms with E-state index in [1.54, 1.807) is 0 Å². The lowest BCUT2D eigenvalue weighted by Crippen LogP contribution is -2.43. The smallest absolute Gasteiger partial charge is 0.341 e. The minimum absolute atomic E-state index is 0.388. The first-order valence-corrected chi connectivity index (χ1v) is 11.5. The number of urea groups is 1. The Bertz CT molecular complexity index is 1160. The molecule has 1 aromatic heterocycles. The van der Waals surface area contributed by atoms with Crippen LogP contribution in [0, 0.1) is 0 Å². The number of imide groups is 1. The number of esters is 1. The molecule has 1 spiro atoms. The molecule has 3 aliphatic rings. The van der Waals surface area contributed by atoms with Gasteiger partial charge in [0.05, 0.1) is 12.7 Å². The zero-order valence-corrected chi connectivity index (χ0v) is 18.5. The fraction of sp³-hybridized carbons (Fsp3) is 0.391. The average Bonchev–Trinajstić information content (AvgIpc) is 3.42. The van der Waals surface area contributed by atoms with E-state index in [9.17, 15) is 19.2 Å². The van der Waals surface area contributed by atoms with Crippen LogP contribution in [0.5, 0.6) is 0 Å². The summed E-state index contributed by atoms with van der Waals surface area (Å²) in [7, 11) is 1.31. The fourth-order valence-electron chi connectivity index (χ4n) is 5.01. The Kier molecular flexibility index (Phi) is 5.00. The van der Waals surface area contributed by atoms with Crippen LogP contribution in [0.4, 0.5) is 9.80 Å². The van der Waals surface area contributed by atoms with Gasteiger partial charge in [0, 0.05) is 4.88 Å². The highest BCUT2D eigenvalue weighted by molar-refractivity contribution is 7.17. The number of fused-ring (bicyclic) bond motifs is 3. The highest BCUT2D eigenvalue weighted by Crippen LogP contribution is 2.41. The van der Waals surface area contributed by atoms with Gasteiger partial charge in [-0.05, 0) is 55.2 Å². The highest BCUT2D eigenvalue weighted by Gasteiger charge is 2.55. The summed E-state index contributed by atoms with van der Waals surface area (Å²) in [6.07, 6.45) is 4.79. The topological polar surface area (TPSA) is 105 Å². The number of hydrogen-bond donors (Lipinski definition) is 2. The van der Waals surface area contributed by atoms with Gasteiger partial charge < -0.3 is 15.4 Å². The van der Waals surface area contributed by atoms with Crippen LogP contribution in [0.15, 0.2) is 24.3 Å². The van der Waals surface area contributed by atoms with Gasteiger partial charge in [-0.25, -0.2) is 9.59 Å². The minimum Gasteiger partial charge on any atom is -0.465 e. The van der Waals surface area contributed by atoms with Crippen LogP contribution in [-0.2, 0) is 39.1 Å². The molecule has 1 fully saturated rings. The maximum absolute atomic E-state index is 13.3. The lowest BCUT2D eigenvalue weighted by atomic mass is 9.92. The number of ether oxygens (including phenoxy) is 1. The number of thiophene rings is 1. The number of methoxy groups -OCH3 is 1. The molecule has 2 aliphatic carbocycles. The Balaban J connectivity index is 1.37. The van der Waals surface area contributed by atoms with Crippen molar-refractivity contribution in [3.63, 3.8) is 0 Å². The predicted molar refractivity (Wildman–Crippen MR) is 118 cm³/mol. The van der Waals surface area contributed by atoms with E-state index in [0.29, 0.717) is 23.4 Å². The van der Waals surface area contributed by atoms with Gasteiger partial charge in [0.1, 0.15) is 17.1 Å². The van der Waals surface area contributed by atoms with Crippen LogP contribution in [0.1, 0.15) is 51.2 Å². The van der Waals surface area contributed by atoms with Crippen molar-refractivity contribution in [2.24, 2.45) is 0 Å². The molecular weight excluding hydrogens is 430 g/mol. The van der Waals surface area contributed by atoms with Gasteiger partial charge in [-0.1, -0.05) is 24.3 Å². The maximum Gasteiger partial charge on any atom is 0.341 e. The number of carbonyl (C=O) groups is 4. The molecule has 1 aliphatic heterocycles. The third-order valence-corrected chi connectivity index (χ3v) is 7.74. The van der Waals surface area contributed by atoms with Crippen LogP contribution in [0.25, 0.3) is 0 Å². The summed E-state index contributed by atoms with van der Waals surface area (Å²) in [5.41, 5.74) is 2.03. The van der Waals surface area contributed by atoms with Gasteiger partial charge in [0.2, 0.25) is 5.91 Å². The van der Waals surface area contributed by atoms with E-state index in [1.165, 1.54) is 18.4 Å². The summed E-state index contributed by atoms with van der Waals surface area (Å²) in [6.45, 7) is -0.419. The second kappa shape index (κ2) is 7.74. The van der Waals surface area contributed by atoms with Crippen molar-refractivity contribution in [1.29, 1.82) is 0 Å². The molecule has 0 bridgehead atoms. The van der Waals surface area contributed by atoms with Gasteiger partial charge in [-0.3, -0.25) is 14.5 Å². The molecule has 2 aromatic rings. The van der Waals surface area contributed by atoms with E-state index in [-0.39, 0.29) is 0 Å². The molecule has 166 valence electrons. The normalized spacial score (nSPS) is 21.3. The Labute approximate surface area is 188 Å². The summed E-state index contributed by atoms with van der Waals surface area (Å²) in [4.78, 5) is 53.2. The number of rotatable bonds is 4. The van der Waals surface area contributed by atoms with E-state index in [2.05, 4.69) is 10.6 Å². The van der Waals surface area contributed by atoms with Gasteiger partial charge in [0.15, 0.2) is 0 Å². The zero-order chi connectivity index (χ0) is 22.5. The van der Waals surface area contributed by atoms with Crippen molar-refractivity contribution in [3.05, 3.63) is 51.4 Å². The lowest BCUT2D eigenvalue weighted by molar-refractivity contribution is -0.134. The average molecular weight is 454 g/mol. The van der Waals surface area contributed by atoms with Crippen molar-refractivity contribution >= 4 is 40.2 Å². The molecule has 2 N–H and O–H groups in total. The van der Waals surface area contributed by atoms with Crippen LogP contribution in [0.3, 0.4) is 0 Å². The highest BCUT2D eigenvalue weighted by atomic mass is 32.1. The fourth-order valence-corrected chi connectivity index (χ4v) is 6.31. The molecule has 2 heterocycles. The standard InChI is InChI=1S/C23H23N3O5S/c1-31-20(28)18-14-7-3-5-9-16(14)32-19(18)24-17(27)12-26-21(29)23(25-22(26)30)11-10-13-6-2-4-8-15(13)23/h2,4,6,8H,3,5,7,9-12H2,1H3,(H,24,27)(H,25,30)/t23-/m0/s1. The van der Waals surface area contributed by atoms with Gasteiger partial charge in [-0.2, -0.15) is 0 Å². The second-order valence-corrected chi connectivity index (χ2v) is 9.44. The first-order chi connectivity index (χ1) is 15.4. The molecule has 1 aromatic carbocycles. The molecule has 1 saturated heterocycles. The number of carbonyl (C=O) groups excluding carboxylic acids is 4. The molecular formula is C23H23N3O5S. The Morgan fingerprint density at radius 1 is 1.19 bits per heavy atom. The van der Waals surface area contributed by atoms with Crippen molar-refractivity contribution in [3.8, 4) is 0 Å². The number of anilines is 1. The Morgan fingerprint density at radius 3 is 2.78 bits per heavy atom. The maximum atomic E-state index is 13.3. The number of nitrogens with one attached hydrogen (secondary N) is 2. The van der Waals surface area contributed by atoms with E-state index >= 15 is 0 Å². The monoisotopic (exact) mass is 453 g/mol. The zero-order valence-electron chi connectivity index (χ0n) is 17.7. The molecule has 1 atom stereocenters. The number of benzene rings is 1. The summed E-state index contributed by atoms with van der Waals surface area (Å²) in [6, 6.07) is 6.96. The summed E-state index contributed by atoms with van der Waals surface area (Å²) in [5.74, 6) is -1.43. The third-order valence-electron chi connectivity index (χ3n) is 6.54. The lowest BCUT2D eigenvalue weighted by Gasteiger charge is -2.22. The third kappa shape index (κ3) is 3.10. The Morgan fingerprint density at radius 2 is 1.97 bits per heavy atom. The van der Waals surface area contributed by atoms with Crippen LogP contribution in [-0.4, -0.2) is 42.4 Å².